The summed E-state index contributed by atoms with van der Waals surface area (Å²) in [7, 11) is 0. The van der Waals surface area contributed by atoms with Gasteiger partial charge in [0, 0.05) is 4.47 Å². The lowest BCUT2D eigenvalue weighted by molar-refractivity contribution is 0.653. The molecule has 72 valence electrons. The molecule has 0 amide bonds. The second kappa shape index (κ2) is 3.75. The molecule has 1 heterocycles. The molecule has 0 saturated heterocycles. The lowest BCUT2D eigenvalue weighted by atomic mass is 10.2. The van der Waals surface area contributed by atoms with Gasteiger partial charge < -0.3 is 5.73 Å². The van der Waals surface area contributed by atoms with Gasteiger partial charge in [-0.25, -0.2) is 4.68 Å². The zero-order valence-corrected chi connectivity index (χ0v) is 8.85. The maximum Gasteiger partial charge on any atom is 0.240 e. The highest BCUT2D eigenvalue weighted by atomic mass is 79.9. The second-order valence-corrected chi connectivity index (χ2v) is 3.64. The van der Waals surface area contributed by atoms with Gasteiger partial charge in [-0.05, 0) is 22.1 Å². The zero-order valence-electron chi connectivity index (χ0n) is 7.26. The van der Waals surface area contributed by atoms with Crippen LogP contribution in [0.15, 0.2) is 28.7 Å². The molecule has 0 aliphatic carbocycles. The summed E-state index contributed by atoms with van der Waals surface area (Å²) >= 11 is 3.44. The molecule has 0 unspecified atom stereocenters. The molecule has 14 heavy (non-hydrogen) atoms. The van der Waals surface area contributed by atoms with Crippen molar-refractivity contribution in [2.75, 3.05) is 5.73 Å². The van der Waals surface area contributed by atoms with Crippen LogP contribution in [-0.4, -0.2) is 20.2 Å². The van der Waals surface area contributed by atoms with Crippen LogP contribution >= 0.6 is 15.9 Å². The van der Waals surface area contributed by atoms with Crippen molar-refractivity contribution in [2.45, 2.75) is 6.54 Å². The van der Waals surface area contributed by atoms with Crippen LogP contribution < -0.4 is 5.73 Å². The van der Waals surface area contributed by atoms with E-state index in [1.54, 1.807) is 4.68 Å². The van der Waals surface area contributed by atoms with Gasteiger partial charge in [0.15, 0.2) is 0 Å². The Morgan fingerprint density at radius 3 is 2.79 bits per heavy atom. The molecule has 0 radical (unpaired) electrons. The number of nitrogens with zero attached hydrogens (tertiary/aromatic N) is 4. The van der Waals surface area contributed by atoms with Crippen LogP contribution in [0.25, 0.3) is 0 Å². The Bertz CT molecular complexity index is 439. The number of halogens is 1. The van der Waals surface area contributed by atoms with E-state index in [1.165, 1.54) is 0 Å². The molecule has 1 aromatic carbocycles. The molecule has 5 nitrogen and oxygen atoms in total. The summed E-state index contributed by atoms with van der Waals surface area (Å²) in [5.74, 6) is 0.320. The van der Waals surface area contributed by atoms with Gasteiger partial charge in [-0.1, -0.05) is 39.2 Å². The maximum absolute atomic E-state index is 5.55. The van der Waals surface area contributed by atoms with E-state index >= 15 is 0 Å². The quantitative estimate of drug-likeness (QED) is 0.870. The summed E-state index contributed by atoms with van der Waals surface area (Å²) in [6.07, 6.45) is 0. The Hall–Kier alpha value is -1.43. The van der Waals surface area contributed by atoms with Crippen LogP contribution in [0.2, 0.25) is 0 Å². The Labute approximate surface area is 89.0 Å². The average Bonchev–Trinajstić information content (AvgIpc) is 2.56. The Morgan fingerprint density at radius 2 is 2.14 bits per heavy atom. The lowest BCUT2D eigenvalue weighted by Crippen LogP contribution is -2.06. The van der Waals surface area contributed by atoms with E-state index < -0.39 is 0 Å². The first-order chi connectivity index (χ1) is 6.77. The van der Waals surface area contributed by atoms with Crippen molar-refractivity contribution in [3.05, 3.63) is 34.3 Å². The molecule has 0 atom stereocenters. The third kappa shape index (κ3) is 1.74. The summed E-state index contributed by atoms with van der Waals surface area (Å²) in [4.78, 5) is 0. The number of rotatable bonds is 2. The SMILES string of the molecule is Nc1nnnn1Cc1ccccc1Br. The molecule has 0 aliphatic heterocycles. The van der Waals surface area contributed by atoms with Crippen LogP contribution in [0.4, 0.5) is 5.95 Å². The van der Waals surface area contributed by atoms with Crippen molar-refractivity contribution < 1.29 is 0 Å². The van der Waals surface area contributed by atoms with E-state index in [0.29, 0.717) is 12.5 Å². The molecular formula is C8H8BrN5. The predicted octanol–water partition coefficient (Wildman–Crippen LogP) is 1.07. The van der Waals surface area contributed by atoms with Crippen LogP contribution in [0.3, 0.4) is 0 Å². The molecule has 1 aromatic heterocycles. The average molecular weight is 254 g/mol. The number of anilines is 1. The zero-order chi connectivity index (χ0) is 9.97. The van der Waals surface area contributed by atoms with E-state index in [9.17, 15) is 0 Å². The van der Waals surface area contributed by atoms with E-state index in [-0.39, 0.29) is 0 Å². The number of hydrogen-bond donors (Lipinski definition) is 1. The van der Waals surface area contributed by atoms with Crippen molar-refractivity contribution in [1.29, 1.82) is 0 Å². The molecule has 6 heteroatoms. The first-order valence-corrected chi connectivity index (χ1v) is 4.82. The van der Waals surface area contributed by atoms with E-state index in [2.05, 4.69) is 31.5 Å². The molecule has 0 bridgehead atoms. The minimum Gasteiger partial charge on any atom is -0.367 e. The van der Waals surface area contributed by atoms with Gasteiger partial charge in [0.25, 0.3) is 0 Å². The third-order valence-corrected chi connectivity index (χ3v) is 2.61. The summed E-state index contributed by atoms with van der Waals surface area (Å²) in [5.41, 5.74) is 6.64. The largest absolute Gasteiger partial charge is 0.367 e. The summed E-state index contributed by atoms with van der Waals surface area (Å²) in [6, 6.07) is 7.87. The molecule has 0 aliphatic rings. The summed E-state index contributed by atoms with van der Waals surface area (Å²) < 4.78 is 2.56. The Balaban J connectivity index is 2.28. The highest BCUT2D eigenvalue weighted by molar-refractivity contribution is 9.10. The topological polar surface area (TPSA) is 69.6 Å². The third-order valence-electron chi connectivity index (χ3n) is 1.84. The number of hydrogen-bond acceptors (Lipinski definition) is 4. The molecule has 2 aromatic rings. The first kappa shape index (κ1) is 9.14. The van der Waals surface area contributed by atoms with Crippen molar-refractivity contribution in [3.63, 3.8) is 0 Å². The molecule has 0 saturated carbocycles. The summed E-state index contributed by atoms with van der Waals surface area (Å²) in [6.45, 7) is 0.570. The van der Waals surface area contributed by atoms with Gasteiger partial charge in [-0.2, -0.15) is 0 Å². The number of benzene rings is 1. The normalized spacial score (nSPS) is 10.4. The number of tetrazole rings is 1. The van der Waals surface area contributed by atoms with E-state index in [0.717, 1.165) is 10.0 Å². The van der Waals surface area contributed by atoms with Gasteiger partial charge in [0.1, 0.15) is 0 Å². The van der Waals surface area contributed by atoms with Gasteiger partial charge in [-0.15, -0.1) is 0 Å². The molecule has 2 rings (SSSR count). The summed E-state index contributed by atoms with van der Waals surface area (Å²) in [5, 5.41) is 10.8. The van der Waals surface area contributed by atoms with Crippen LogP contribution in [0, 0.1) is 0 Å². The van der Waals surface area contributed by atoms with E-state index in [4.69, 9.17) is 5.73 Å². The number of nitrogen functional groups attached to an aromatic ring is 1. The van der Waals surface area contributed by atoms with Gasteiger partial charge >= 0.3 is 0 Å². The minimum atomic E-state index is 0.320. The molecule has 2 N–H and O–H groups in total. The number of aromatic nitrogens is 4. The van der Waals surface area contributed by atoms with Crippen LogP contribution in [-0.2, 0) is 6.54 Å². The standard InChI is InChI=1S/C8H8BrN5/c9-7-4-2-1-3-6(7)5-14-8(10)11-12-13-14/h1-4H,5H2,(H2,10,11,13). The number of nitrogens with two attached hydrogens (primary N) is 1. The lowest BCUT2D eigenvalue weighted by Gasteiger charge is -2.03. The fourth-order valence-corrected chi connectivity index (χ4v) is 1.52. The Kier molecular flexibility index (Phi) is 2.45. The van der Waals surface area contributed by atoms with Crippen molar-refractivity contribution >= 4 is 21.9 Å². The molecule has 0 fully saturated rings. The fourth-order valence-electron chi connectivity index (χ4n) is 1.11. The smallest absolute Gasteiger partial charge is 0.240 e. The molecular weight excluding hydrogens is 246 g/mol. The van der Waals surface area contributed by atoms with E-state index in [1.807, 2.05) is 24.3 Å². The molecule has 0 spiro atoms. The Morgan fingerprint density at radius 1 is 1.36 bits per heavy atom. The van der Waals surface area contributed by atoms with Crippen molar-refractivity contribution in [3.8, 4) is 0 Å². The monoisotopic (exact) mass is 253 g/mol. The van der Waals surface area contributed by atoms with Crippen molar-refractivity contribution in [2.24, 2.45) is 0 Å². The first-order valence-electron chi connectivity index (χ1n) is 4.02. The van der Waals surface area contributed by atoms with Crippen LogP contribution in [0.1, 0.15) is 5.56 Å². The predicted molar refractivity (Wildman–Crippen MR) is 55.5 cm³/mol. The van der Waals surface area contributed by atoms with Gasteiger partial charge in [0.2, 0.25) is 5.95 Å². The highest BCUT2D eigenvalue weighted by Gasteiger charge is 2.04. The second-order valence-electron chi connectivity index (χ2n) is 2.79. The fraction of sp³-hybridized carbons (Fsp3) is 0.125. The van der Waals surface area contributed by atoms with Gasteiger partial charge in [0.05, 0.1) is 6.54 Å². The maximum atomic E-state index is 5.55. The highest BCUT2D eigenvalue weighted by Crippen LogP contribution is 2.16. The van der Waals surface area contributed by atoms with Crippen molar-refractivity contribution in [1.82, 2.24) is 20.2 Å². The van der Waals surface area contributed by atoms with Crippen LogP contribution in [0.5, 0.6) is 0 Å². The van der Waals surface area contributed by atoms with Gasteiger partial charge in [-0.3, -0.25) is 0 Å². The minimum absolute atomic E-state index is 0.320.